The van der Waals surface area contributed by atoms with Crippen LogP contribution in [0.5, 0.6) is 0 Å². The van der Waals surface area contributed by atoms with Gasteiger partial charge in [0.15, 0.2) is 0 Å². The molecular weight excluding hydrogens is 468 g/mol. The van der Waals surface area contributed by atoms with Crippen molar-refractivity contribution in [2.45, 2.75) is 90.9 Å². The zero-order valence-corrected chi connectivity index (χ0v) is 23.2. The monoisotopic (exact) mass is 510 g/mol. The van der Waals surface area contributed by atoms with Crippen LogP contribution in [0, 0.1) is 0 Å². The van der Waals surface area contributed by atoms with Gasteiger partial charge in [-0.1, -0.05) is 24.3 Å². The van der Waals surface area contributed by atoms with Crippen molar-refractivity contribution in [2.75, 3.05) is 26.2 Å². The summed E-state index contributed by atoms with van der Waals surface area (Å²) in [4.78, 5) is 29.9. The minimum absolute atomic E-state index is 0.00997. The fourth-order valence-corrected chi connectivity index (χ4v) is 4.99. The number of hydrogen-bond donors (Lipinski definition) is 0. The van der Waals surface area contributed by atoms with Crippen LogP contribution in [0.3, 0.4) is 0 Å². The Balaban J connectivity index is 1.61. The molecule has 2 aliphatic heterocycles. The standard InChI is InChI=1S/C29H42N4O4/c1-28(2,3)36-26(34)32-17-9-10-23(19-32)25-24(20-33(30-25)27(35)37-29(4,5)6)22-13-11-21(12-14-22)18-31-15-7-8-16-31/h11-14,20,23H,7-10,15-19H2,1-6H3/t23-/m0/s1. The molecule has 2 saturated heterocycles. The van der Waals surface area contributed by atoms with Crippen LogP contribution in [0.25, 0.3) is 11.1 Å². The van der Waals surface area contributed by atoms with Gasteiger partial charge in [0.2, 0.25) is 0 Å². The summed E-state index contributed by atoms with van der Waals surface area (Å²) < 4.78 is 12.5. The molecule has 202 valence electrons. The summed E-state index contributed by atoms with van der Waals surface area (Å²) in [7, 11) is 0. The zero-order chi connectivity index (χ0) is 26.8. The maximum atomic E-state index is 12.9. The summed E-state index contributed by atoms with van der Waals surface area (Å²) in [6.45, 7) is 15.6. The Morgan fingerprint density at radius 3 is 2.14 bits per heavy atom. The van der Waals surface area contributed by atoms with Crippen LogP contribution in [0.15, 0.2) is 30.5 Å². The minimum Gasteiger partial charge on any atom is -0.444 e. The lowest BCUT2D eigenvalue weighted by Crippen LogP contribution is -2.42. The molecule has 1 atom stereocenters. The van der Waals surface area contributed by atoms with E-state index in [2.05, 4.69) is 29.2 Å². The van der Waals surface area contributed by atoms with E-state index in [1.54, 1.807) is 11.1 Å². The van der Waals surface area contributed by atoms with Crippen molar-refractivity contribution in [1.82, 2.24) is 19.6 Å². The molecule has 2 fully saturated rings. The number of nitrogens with zero attached hydrogens (tertiary/aromatic N) is 4. The lowest BCUT2D eigenvalue weighted by atomic mass is 9.90. The van der Waals surface area contributed by atoms with Crippen LogP contribution in [-0.4, -0.2) is 69.1 Å². The van der Waals surface area contributed by atoms with Gasteiger partial charge in [0, 0.05) is 37.3 Å². The second-order valence-electron chi connectivity index (χ2n) is 12.3. The quantitative estimate of drug-likeness (QED) is 0.499. The number of piperidine rings is 1. The van der Waals surface area contributed by atoms with Crippen molar-refractivity contribution in [3.63, 3.8) is 0 Å². The first-order chi connectivity index (χ1) is 17.4. The summed E-state index contributed by atoms with van der Waals surface area (Å²) in [5.74, 6) is -0.00997. The number of carbonyl (C=O) groups excluding carboxylic acids is 2. The number of likely N-dealkylation sites (tertiary alicyclic amines) is 2. The summed E-state index contributed by atoms with van der Waals surface area (Å²) in [6, 6.07) is 8.55. The predicted octanol–water partition coefficient (Wildman–Crippen LogP) is 6.04. The number of aromatic nitrogens is 2. The number of ether oxygens (including phenoxy) is 2. The minimum atomic E-state index is -0.626. The molecule has 1 amide bonds. The van der Waals surface area contributed by atoms with Crippen molar-refractivity contribution in [3.8, 4) is 11.1 Å². The molecule has 0 spiro atoms. The fraction of sp³-hybridized carbons (Fsp3) is 0.621. The van der Waals surface area contributed by atoms with E-state index in [1.165, 1.54) is 23.1 Å². The van der Waals surface area contributed by atoms with Crippen LogP contribution in [-0.2, 0) is 16.0 Å². The van der Waals surface area contributed by atoms with E-state index >= 15 is 0 Å². The fourth-order valence-electron chi connectivity index (χ4n) is 4.99. The molecule has 8 heteroatoms. The maximum Gasteiger partial charge on any atom is 0.435 e. The molecule has 0 radical (unpaired) electrons. The first-order valence-electron chi connectivity index (χ1n) is 13.5. The molecule has 0 N–H and O–H groups in total. The highest BCUT2D eigenvalue weighted by Gasteiger charge is 2.32. The smallest absolute Gasteiger partial charge is 0.435 e. The van der Waals surface area contributed by atoms with Crippen LogP contribution >= 0.6 is 0 Å². The molecule has 2 aliphatic rings. The van der Waals surface area contributed by atoms with Crippen molar-refractivity contribution < 1.29 is 19.1 Å². The van der Waals surface area contributed by atoms with E-state index in [0.29, 0.717) is 13.1 Å². The molecule has 8 nitrogen and oxygen atoms in total. The van der Waals surface area contributed by atoms with Crippen molar-refractivity contribution in [2.24, 2.45) is 0 Å². The highest BCUT2D eigenvalue weighted by Crippen LogP contribution is 2.35. The van der Waals surface area contributed by atoms with E-state index < -0.39 is 17.3 Å². The van der Waals surface area contributed by atoms with E-state index in [1.807, 2.05) is 41.5 Å². The molecule has 2 aromatic rings. The number of benzene rings is 1. The Labute approximate surface area is 220 Å². The largest absolute Gasteiger partial charge is 0.444 e. The molecule has 4 rings (SSSR count). The Kier molecular flexibility index (Phi) is 7.97. The lowest BCUT2D eigenvalue weighted by Gasteiger charge is -2.33. The van der Waals surface area contributed by atoms with Crippen molar-refractivity contribution in [1.29, 1.82) is 0 Å². The lowest BCUT2D eigenvalue weighted by molar-refractivity contribution is 0.0196. The molecular formula is C29H42N4O4. The van der Waals surface area contributed by atoms with Gasteiger partial charge < -0.3 is 14.4 Å². The van der Waals surface area contributed by atoms with Crippen LogP contribution in [0.1, 0.15) is 84.4 Å². The van der Waals surface area contributed by atoms with Crippen LogP contribution < -0.4 is 0 Å². The molecule has 1 aromatic carbocycles. The molecule has 1 aromatic heterocycles. The van der Waals surface area contributed by atoms with Gasteiger partial charge in [0.25, 0.3) is 0 Å². The second-order valence-corrected chi connectivity index (χ2v) is 12.3. The topological polar surface area (TPSA) is 76.9 Å². The Morgan fingerprint density at radius 2 is 1.51 bits per heavy atom. The molecule has 0 aliphatic carbocycles. The third-order valence-electron chi connectivity index (χ3n) is 6.65. The summed E-state index contributed by atoms with van der Waals surface area (Å²) in [5.41, 5.74) is 2.81. The maximum absolute atomic E-state index is 12.9. The van der Waals surface area contributed by atoms with E-state index in [-0.39, 0.29) is 12.0 Å². The summed E-state index contributed by atoms with van der Waals surface area (Å²) in [5, 5.41) is 4.72. The molecule has 3 heterocycles. The van der Waals surface area contributed by atoms with Gasteiger partial charge >= 0.3 is 12.2 Å². The van der Waals surface area contributed by atoms with Gasteiger partial charge in [-0.15, -0.1) is 0 Å². The van der Waals surface area contributed by atoms with Crippen molar-refractivity contribution >= 4 is 12.2 Å². The number of amides is 1. The van der Waals surface area contributed by atoms with Gasteiger partial charge in [0.1, 0.15) is 11.2 Å². The van der Waals surface area contributed by atoms with E-state index in [4.69, 9.17) is 14.6 Å². The third-order valence-corrected chi connectivity index (χ3v) is 6.65. The number of hydrogen-bond acceptors (Lipinski definition) is 6. The Morgan fingerprint density at radius 1 is 0.892 bits per heavy atom. The van der Waals surface area contributed by atoms with Crippen LogP contribution in [0.4, 0.5) is 9.59 Å². The predicted molar refractivity (Wildman–Crippen MR) is 144 cm³/mol. The van der Waals surface area contributed by atoms with Crippen molar-refractivity contribution in [3.05, 3.63) is 41.7 Å². The number of rotatable bonds is 4. The van der Waals surface area contributed by atoms with Gasteiger partial charge in [0.05, 0.1) is 5.69 Å². The Hall–Kier alpha value is -2.87. The van der Waals surface area contributed by atoms with Gasteiger partial charge in [-0.05, 0) is 91.4 Å². The van der Waals surface area contributed by atoms with Gasteiger partial charge in [-0.3, -0.25) is 4.90 Å². The summed E-state index contributed by atoms with van der Waals surface area (Å²) in [6.07, 6.45) is 5.22. The molecule has 37 heavy (non-hydrogen) atoms. The SMILES string of the molecule is CC(C)(C)OC(=O)N1CCC[C@H](c2nn(C(=O)OC(C)(C)C)cc2-c2ccc(CN3CCCC3)cc2)C1. The normalized spacial score (nSPS) is 19.2. The zero-order valence-electron chi connectivity index (χ0n) is 23.2. The first kappa shape index (κ1) is 27.2. The summed E-state index contributed by atoms with van der Waals surface area (Å²) >= 11 is 0. The molecule has 0 saturated carbocycles. The third kappa shape index (κ3) is 7.34. The second kappa shape index (κ2) is 10.9. The van der Waals surface area contributed by atoms with Crippen LogP contribution in [0.2, 0.25) is 0 Å². The molecule has 0 bridgehead atoms. The highest BCUT2D eigenvalue weighted by molar-refractivity contribution is 5.75. The average Bonchev–Trinajstić information content (AvgIpc) is 3.48. The Bertz CT molecular complexity index is 1090. The molecule has 0 unspecified atom stereocenters. The van der Waals surface area contributed by atoms with Gasteiger partial charge in [-0.2, -0.15) is 9.78 Å². The van der Waals surface area contributed by atoms with Gasteiger partial charge in [-0.25, -0.2) is 9.59 Å². The average molecular weight is 511 g/mol. The van der Waals surface area contributed by atoms with E-state index in [0.717, 1.165) is 49.3 Å². The highest BCUT2D eigenvalue weighted by atomic mass is 16.6. The van der Waals surface area contributed by atoms with E-state index in [9.17, 15) is 9.59 Å². The first-order valence-corrected chi connectivity index (χ1v) is 13.5. The number of carbonyl (C=O) groups is 2.